The smallest absolute Gasteiger partial charge is 0.128 e. The lowest BCUT2D eigenvalue weighted by Crippen LogP contribution is -1.95. The molecule has 0 fully saturated rings. The summed E-state index contributed by atoms with van der Waals surface area (Å²) in [5, 5.41) is 16.7. The van der Waals surface area contributed by atoms with Gasteiger partial charge in [-0.1, -0.05) is 11.6 Å². The molecule has 0 rings (SSSR count). The molecule has 0 aliphatic carbocycles. The normalized spacial score (nSPS) is 13.9. The van der Waals surface area contributed by atoms with Crippen LogP contribution in [0, 0.1) is 0 Å². The average molecular weight is 139 g/mol. The Kier molecular flexibility index (Phi) is 5.49. The third-order valence-electron chi connectivity index (χ3n) is 0.850. The summed E-state index contributed by atoms with van der Waals surface area (Å²) >= 11 is 5.19. The van der Waals surface area contributed by atoms with E-state index in [1.165, 1.54) is 0 Å². The molecule has 0 heterocycles. The molecule has 3 heteroatoms. The van der Waals surface area contributed by atoms with Crippen molar-refractivity contribution in [2.75, 3.05) is 6.61 Å². The summed E-state index contributed by atoms with van der Waals surface area (Å²) in [5.74, 6) is 0. The van der Waals surface area contributed by atoms with Crippen molar-refractivity contribution >= 4 is 11.6 Å². The molecule has 0 aromatic heterocycles. The molecule has 2 N–H and O–H groups in total. The lowest BCUT2D eigenvalue weighted by molar-refractivity contribution is 0.228. The highest BCUT2D eigenvalue weighted by Crippen LogP contribution is 2.02. The zero-order valence-electron chi connectivity index (χ0n) is 4.68. The highest BCUT2D eigenvalue weighted by molar-refractivity contribution is 6.19. The van der Waals surface area contributed by atoms with Gasteiger partial charge in [0.25, 0.3) is 0 Å². The van der Waals surface area contributed by atoms with Crippen molar-refractivity contribution in [3.8, 4) is 0 Å². The third-order valence-corrected chi connectivity index (χ3v) is 1.07. The van der Waals surface area contributed by atoms with Crippen LogP contribution in [0.25, 0.3) is 0 Å². The van der Waals surface area contributed by atoms with Gasteiger partial charge < -0.3 is 10.2 Å². The standard InChI is InChI=1S/C5H11ClO2/c6-5(8)3-1-2-4-7/h5,7-8H,1-4H2. The van der Waals surface area contributed by atoms with Crippen molar-refractivity contribution in [3.63, 3.8) is 0 Å². The second-order valence-electron chi connectivity index (χ2n) is 1.65. The third kappa shape index (κ3) is 6.21. The molecule has 0 amide bonds. The molecular weight excluding hydrogens is 128 g/mol. The van der Waals surface area contributed by atoms with Crippen LogP contribution in [-0.2, 0) is 0 Å². The Morgan fingerprint density at radius 2 is 2.00 bits per heavy atom. The number of hydrogen-bond acceptors (Lipinski definition) is 2. The molecular formula is C5H11ClO2. The van der Waals surface area contributed by atoms with Gasteiger partial charge in [0.05, 0.1) is 0 Å². The van der Waals surface area contributed by atoms with E-state index in [1.54, 1.807) is 0 Å². The Morgan fingerprint density at radius 1 is 1.38 bits per heavy atom. The van der Waals surface area contributed by atoms with Crippen molar-refractivity contribution in [2.45, 2.75) is 24.8 Å². The number of unbranched alkanes of at least 4 members (excludes halogenated alkanes) is 1. The second-order valence-corrected chi connectivity index (χ2v) is 2.16. The molecule has 2 nitrogen and oxygen atoms in total. The van der Waals surface area contributed by atoms with Gasteiger partial charge in [-0.2, -0.15) is 0 Å². The van der Waals surface area contributed by atoms with Crippen LogP contribution in [0.15, 0.2) is 0 Å². The van der Waals surface area contributed by atoms with Crippen LogP contribution in [0.1, 0.15) is 19.3 Å². The number of aliphatic hydroxyl groups is 2. The molecule has 0 radical (unpaired) electrons. The first-order valence-electron chi connectivity index (χ1n) is 2.70. The highest BCUT2D eigenvalue weighted by Gasteiger charge is 1.94. The molecule has 8 heavy (non-hydrogen) atoms. The fourth-order valence-electron chi connectivity index (χ4n) is 0.425. The predicted molar refractivity (Wildman–Crippen MR) is 32.8 cm³/mol. The van der Waals surface area contributed by atoms with Crippen LogP contribution in [-0.4, -0.2) is 22.4 Å². The number of alkyl halides is 1. The monoisotopic (exact) mass is 138 g/mol. The van der Waals surface area contributed by atoms with E-state index in [4.69, 9.17) is 21.8 Å². The minimum atomic E-state index is -0.735. The van der Waals surface area contributed by atoms with E-state index in [2.05, 4.69) is 0 Å². The van der Waals surface area contributed by atoms with Gasteiger partial charge in [-0.15, -0.1) is 0 Å². The van der Waals surface area contributed by atoms with Crippen LogP contribution in [0.2, 0.25) is 0 Å². The molecule has 50 valence electrons. The van der Waals surface area contributed by atoms with E-state index >= 15 is 0 Å². The average Bonchev–Trinajstić information content (AvgIpc) is 1.66. The first kappa shape index (κ1) is 8.21. The van der Waals surface area contributed by atoms with Crippen LogP contribution in [0.3, 0.4) is 0 Å². The first-order chi connectivity index (χ1) is 3.77. The predicted octanol–water partition coefficient (Wildman–Crippen LogP) is 0.706. The summed E-state index contributed by atoms with van der Waals surface area (Å²) in [7, 11) is 0. The maximum atomic E-state index is 8.46. The van der Waals surface area contributed by atoms with Crippen LogP contribution in [0.5, 0.6) is 0 Å². The van der Waals surface area contributed by atoms with Crippen molar-refractivity contribution in [1.29, 1.82) is 0 Å². The molecule has 0 aliphatic heterocycles. The molecule has 0 aromatic carbocycles. The summed E-state index contributed by atoms with van der Waals surface area (Å²) in [6.45, 7) is 0.184. The maximum absolute atomic E-state index is 8.46. The minimum absolute atomic E-state index is 0.184. The lowest BCUT2D eigenvalue weighted by Gasteiger charge is -1.97. The summed E-state index contributed by atoms with van der Waals surface area (Å²) in [5.41, 5.74) is -0.735. The van der Waals surface area contributed by atoms with Crippen molar-refractivity contribution in [1.82, 2.24) is 0 Å². The molecule has 0 bridgehead atoms. The summed E-state index contributed by atoms with van der Waals surface area (Å²) in [6.07, 6.45) is 2.09. The first-order valence-corrected chi connectivity index (χ1v) is 3.14. The van der Waals surface area contributed by atoms with Gasteiger partial charge in [-0.25, -0.2) is 0 Å². The molecule has 0 aromatic rings. The van der Waals surface area contributed by atoms with Gasteiger partial charge in [0, 0.05) is 6.61 Å². The molecule has 0 spiro atoms. The van der Waals surface area contributed by atoms with Gasteiger partial charge in [0.2, 0.25) is 0 Å². The fraction of sp³-hybridized carbons (Fsp3) is 1.00. The fourth-order valence-corrected chi connectivity index (χ4v) is 0.579. The number of halogens is 1. The Hall–Kier alpha value is 0.210. The topological polar surface area (TPSA) is 40.5 Å². The zero-order valence-corrected chi connectivity index (χ0v) is 5.43. The Bertz CT molecular complexity index is 47.7. The van der Waals surface area contributed by atoms with E-state index in [1.807, 2.05) is 0 Å². The summed E-state index contributed by atoms with van der Waals surface area (Å²) in [6, 6.07) is 0. The largest absolute Gasteiger partial charge is 0.396 e. The van der Waals surface area contributed by atoms with Crippen LogP contribution in [0.4, 0.5) is 0 Å². The summed E-state index contributed by atoms with van der Waals surface area (Å²) < 4.78 is 0. The minimum Gasteiger partial charge on any atom is -0.396 e. The highest BCUT2D eigenvalue weighted by atomic mass is 35.5. The van der Waals surface area contributed by atoms with Gasteiger partial charge in [0.1, 0.15) is 5.56 Å². The van der Waals surface area contributed by atoms with E-state index in [-0.39, 0.29) is 6.61 Å². The summed E-state index contributed by atoms with van der Waals surface area (Å²) in [4.78, 5) is 0. The molecule has 1 unspecified atom stereocenters. The van der Waals surface area contributed by atoms with Crippen LogP contribution < -0.4 is 0 Å². The Labute approximate surface area is 54.1 Å². The van der Waals surface area contributed by atoms with E-state index in [0.29, 0.717) is 6.42 Å². The lowest BCUT2D eigenvalue weighted by atomic mass is 10.2. The second kappa shape index (κ2) is 5.35. The molecule has 1 atom stereocenters. The van der Waals surface area contributed by atoms with Gasteiger partial charge >= 0.3 is 0 Å². The van der Waals surface area contributed by atoms with Crippen LogP contribution >= 0.6 is 11.6 Å². The van der Waals surface area contributed by atoms with Gasteiger partial charge in [0.15, 0.2) is 0 Å². The molecule has 0 saturated carbocycles. The molecule has 0 saturated heterocycles. The van der Waals surface area contributed by atoms with E-state index in [9.17, 15) is 0 Å². The quantitative estimate of drug-likeness (QED) is 0.444. The maximum Gasteiger partial charge on any atom is 0.128 e. The number of rotatable bonds is 4. The van der Waals surface area contributed by atoms with Gasteiger partial charge in [-0.3, -0.25) is 0 Å². The number of hydrogen-bond donors (Lipinski definition) is 2. The Balaban J connectivity index is 2.72. The zero-order chi connectivity index (χ0) is 6.41. The number of aliphatic hydroxyl groups excluding tert-OH is 2. The molecule has 0 aliphatic rings. The SMILES string of the molecule is OCCCCC(O)Cl. The van der Waals surface area contributed by atoms with Crippen molar-refractivity contribution in [3.05, 3.63) is 0 Å². The van der Waals surface area contributed by atoms with E-state index in [0.717, 1.165) is 12.8 Å². The van der Waals surface area contributed by atoms with E-state index < -0.39 is 5.56 Å². The van der Waals surface area contributed by atoms with Crippen molar-refractivity contribution < 1.29 is 10.2 Å². The van der Waals surface area contributed by atoms with Crippen molar-refractivity contribution in [2.24, 2.45) is 0 Å². The Morgan fingerprint density at radius 3 is 2.38 bits per heavy atom. The van der Waals surface area contributed by atoms with Gasteiger partial charge in [-0.05, 0) is 19.3 Å².